The first kappa shape index (κ1) is 35.9. The first-order chi connectivity index (χ1) is 22.8. The van der Waals surface area contributed by atoms with Gasteiger partial charge in [-0.1, -0.05) is 0 Å². The van der Waals surface area contributed by atoms with Gasteiger partial charge in [0.1, 0.15) is 0 Å². The Balaban J connectivity index is 1.64. The Kier molecular flexibility index (Phi) is 9.93. The van der Waals surface area contributed by atoms with Crippen molar-refractivity contribution in [1.82, 2.24) is 0 Å². The number of hydrogen-bond acceptors (Lipinski definition) is 0. The van der Waals surface area contributed by atoms with Gasteiger partial charge >= 0.3 is 302 Å². The van der Waals surface area contributed by atoms with Crippen molar-refractivity contribution in [2.45, 2.75) is 101 Å². The maximum atomic E-state index is 8.74. The molecule has 0 bridgehead atoms. The Labute approximate surface area is 299 Å². The van der Waals surface area contributed by atoms with Gasteiger partial charge in [-0.05, 0) is 0 Å². The average Bonchev–Trinajstić information content (AvgIpc) is 3.62. The zero-order chi connectivity index (χ0) is 34.7. The summed E-state index contributed by atoms with van der Waals surface area (Å²) in [6, 6.07) is 23.6. The van der Waals surface area contributed by atoms with Crippen LogP contribution in [-0.2, 0) is 28.4 Å². The number of allylic oxidation sites excluding steroid dienone is 2. The summed E-state index contributed by atoms with van der Waals surface area (Å²) in [6.45, 7) is 23.0. The monoisotopic (exact) mass is 769 g/mol. The molecular weight excluding hydrogens is 719 g/mol. The fourth-order valence-corrected chi connectivity index (χ4v) is 41.2. The van der Waals surface area contributed by atoms with Crippen LogP contribution in [0, 0.1) is 27.7 Å². The molecule has 4 aromatic carbocycles. The molecule has 2 aliphatic rings. The molecule has 0 spiro atoms. The molecule has 251 valence electrons. The number of aryl methyl sites for hydroxylation is 6. The van der Waals surface area contributed by atoms with Crippen molar-refractivity contribution < 1.29 is 15.6 Å². The van der Waals surface area contributed by atoms with Crippen LogP contribution in [0.15, 0.2) is 71.8 Å². The van der Waals surface area contributed by atoms with Crippen LogP contribution in [0.2, 0.25) is 13.1 Å². The van der Waals surface area contributed by atoms with E-state index in [4.69, 9.17) is 17.0 Å². The van der Waals surface area contributed by atoms with Crippen molar-refractivity contribution in [3.63, 3.8) is 0 Å². The van der Waals surface area contributed by atoms with Crippen molar-refractivity contribution in [1.29, 1.82) is 0 Å². The molecule has 2 unspecified atom stereocenters. The first-order valence-electron chi connectivity index (χ1n) is 18.2. The fraction of sp³-hybridized carbons (Fsp3) is 0.364. The SMILES string of the molecule is CCC1=Cc2c(ccc(CC)c2-c2cc(C)cc(C)c2)[CH]1[Zr]([Cl])([Cl])([CH]1C(CC)=Cc2c1ccc(CC)c2-c1cc(C)cc(C)c1)[SiH](C)C. The Morgan fingerprint density at radius 3 is 1.19 bits per heavy atom. The molecule has 0 saturated carbocycles. The van der Waals surface area contributed by atoms with Gasteiger partial charge in [0.15, 0.2) is 0 Å². The second-order valence-corrected chi connectivity index (χ2v) is 57.6. The van der Waals surface area contributed by atoms with Crippen molar-refractivity contribution in [3.8, 4) is 22.3 Å². The summed E-state index contributed by atoms with van der Waals surface area (Å²) < 4.78 is 0.219. The molecule has 0 amide bonds. The molecule has 0 aromatic heterocycles. The van der Waals surface area contributed by atoms with Crippen LogP contribution in [0.1, 0.15) is 103 Å². The Hall–Kier alpha value is -1.96. The third kappa shape index (κ3) is 5.66. The molecule has 0 fully saturated rings. The second-order valence-electron chi connectivity index (χ2n) is 15.1. The van der Waals surface area contributed by atoms with Crippen molar-refractivity contribution in [2.75, 3.05) is 0 Å². The molecule has 0 heterocycles. The van der Waals surface area contributed by atoms with E-state index in [2.05, 4.69) is 141 Å². The molecule has 2 atom stereocenters. The predicted octanol–water partition coefficient (Wildman–Crippen LogP) is 13.8. The molecule has 0 N–H and O–H groups in total. The van der Waals surface area contributed by atoms with E-state index in [1.807, 2.05) is 0 Å². The van der Waals surface area contributed by atoms with E-state index in [1.54, 1.807) is 0 Å². The summed E-state index contributed by atoms with van der Waals surface area (Å²) in [4.78, 5) is 0. The van der Waals surface area contributed by atoms with Gasteiger partial charge < -0.3 is 0 Å². The summed E-state index contributed by atoms with van der Waals surface area (Å²) in [5.74, 6) is -1.64. The van der Waals surface area contributed by atoms with E-state index in [0.717, 1.165) is 25.7 Å². The van der Waals surface area contributed by atoms with Crippen LogP contribution < -0.4 is 0 Å². The topological polar surface area (TPSA) is 0 Å². The summed E-state index contributed by atoms with van der Waals surface area (Å²) in [6.07, 6.45) is 8.95. The Bertz CT molecular complexity index is 1820. The quantitative estimate of drug-likeness (QED) is 0.149. The van der Waals surface area contributed by atoms with Gasteiger partial charge in [0.25, 0.3) is 0 Å². The summed E-state index contributed by atoms with van der Waals surface area (Å²) in [7, 11) is 17.5. The van der Waals surface area contributed by atoms with E-state index in [0.29, 0.717) is 0 Å². The van der Waals surface area contributed by atoms with Gasteiger partial charge in [0, 0.05) is 0 Å². The van der Waals surface area contributed by atoms with Crippen molar-refractivity contribution in [2.24, 2.45) is 0 Å². The van der Waals surface area contributed by atoms with Crippen LogP contribution in [-0.4, -0.2) is 5.92 Å². The molecule has 48 heavy (non-hydrogen) atoms. The number of fused-ring (bicyclic) bond motifs is 2. The predicted molar refractivity (Wildman–Crippen MR) is 214 cm³/mol. The minimum atomic E-state index is -4.84. The normalized spacial score (nSPS) is 18.0. The van der Waals surface area contributed by atoms with Gasteiger partial charge in [0.2, 0.25) is 0 Å². The van der Waals surface area contributed by atoms with E-state index >= 15 is 0 Å². The number of halogens is 2. The van der Waals surface area contributed by atoms with Crippen LogP contribution in [0.4, 0.5) is 0 Å². The average molecular weight is 772 g/mol. The Morgan fingerprint density at radius 2 is 0.896 bits per heavy atom. The van der Waals surface area contributed by atoms with Gasteiger partial charge in [-0.2, -0.15) is 0 Å². The zero-order valence-corrected chi connectivity index (χ0v) is 35.9. The summed E-state index contributed by atoms with van der Waals surface area (Å²) in [5, 5.41) is 0. The van der Waals surface area contributed by atoms with Gasteiger partial charge in [-0.3, -0.25) is 0 Å². The van der Waals surface area contributed by atoms with Gasteiger partial charge in [-0.15, -0.1) is 0 Å². The maximum absolute atomic E-state index is 8.74. The van der Waals surface area contributed by atoms with Crippen LogP contribution in [0.3, 0.4) is 0 Å². The molecule has 0 saturated heterocycles. The molecule has 4 aromatic rings. The molecule has 4 heteroatoms. The third-order valence-corrected chi connectivity index (χ3v) is 63.4. The number of benzene rings is 4. The third-order valence-electron chi connectivity index (χ3n) is 11.6. The molecule has 6 rings (SSSR count). The van der Waals surface area contributed by atoms with Crippen LogP contribution >= 0.6 is 17.0 Å². The molecule has 0 aliphatic heterocycles. The van der Waals surface area contributed by atoms with Crippen molar-refractivity contribution in [3.05, 3.63) is 127 Å². The van der Waals surface area contributed by atoms with E-state index in [9.17, 15) is 0 Å². The second kappa shape index (κ2) is 13.3. The molecule has 2 aliphatic carbocycles. The van der Waals surface area contributed by atoms with E-state index in [-0.39, 0.29) is 7.25 Å². The Morgan fingerprint density at radius 1 is 0.542 bits per heavy atom. The number of hydrogen-bond donors (Lipinski definition) is 0. The van der Waals surface area contributed by atoms with Crippen LogP contribution in [0.25, 0.3) is 34.4 Å². The van der Waals surface area contributed by atoms with E-state index in [1.165, 1.54) is 89.0 Å². The molecular formula is C44H53Cl2SiZr. The van der Waals surface area contributed by atoms with E-state index < -0.39 is 21.5 Å². The summed E-state index contributed by atoms with van der Waals surface area (Å²) >= 11 is -4.84. The summed E-state index contributed by atoms with van der Waals surface area (Å²) in [5.41, 5.74) is 21.8. The van der Waals surface area contributed by atoms with Gasteiger partial charge in [-0.25, -0.2) is 0 Å². The molecule has 0 radical (unpaired) electrons. The standard InChI is InChI=1S/2C21H23.C2H7Si.2ClH.Zr/c2*1-5-16-12-18-8-7-17(6-2)21(20(18)13-16)19-10-14(3)9-15(4)11-19;1-3-2;;;/h2*7-13H,5-6H2,1-4H3;3H,1-2H3;2*1H;/q;;;;;+2/p-2. The number of rotatable bonds is 9. The first-order valence-corrected chi connectivity index (χ1v) is 34.5. The van der Waals surface area contributed by atoms with Gasteiger partial charge in [0.05, 0.1) is 0 Å². The van der Waals surface area contributed by atoms with Crippen molar-refractivity contribution >= 4 is 35.1 Å². The van der Waals surface area contributed by atoms with Crippen LogP contribution in [0.5, 0.6) is 0 Å². The zero-order valence-electron chi connectivity index (χ0n) is 30.7. The minimum absolute atomic E-state index is 0.110. The fourth-order valence-electron chi connectivity index (χ4n) is 9.37. The molecule has 0 nitrogen and oxygen atoms in total.